The van der Waals surface area contributed by atoms with Crippen LogP contribution in [0.25, 0.3) is 0 Å². The Morgan fingerprint density at radius 3 is 2.56 bits per heavy atom. The van der Waals surface area contributed by atoms with E-state index in [2.05, 4.69) is 31.9 Å². The molecule has 0 fully saturated rings. The number of rotatable bonds is 6. The Morgan fingerprint density at radius 2 is 2.06 bits per heavy atom. The van der Waals surface area contributed by atoms with E-state index < -0.39 is 5.91 Å². The fourth-order valence-corrected chi connectivity index (χ4v) is 2.28. The molecule has 1 rings (SSSR count). The lowest BCUT2D eigenvalue weighted by Gasteiger charge is -2.16. The molecule has 0 radical (unpaired) electrons. The Labute approximate surface area is 122 Å². The zero-order chi connectivity index (χ0) is 13.7. The molecule has 1 aromatic rings. The molecule has 0 saturated heterocycles. The summed E-state index contributed by atoms with van der Waals surface area (Å²) in [5.41, 5.74) is 5.69. The second-order valence-electron chi connectivity index (χ2n) is 3.34. The highest BCUT2D eigenvalue weighted by Crippen LogP contribution is 2.42. The molecule has 18 heavy (non-hydrogen) atoms. The minimum atomic E-state index is -0.577. The monoisotopic (exact) mass is 381 g/mol. The smallest absolute Gasteiger partial charge is 0.255 e. The minimum Gasteiger partial charge on any atom is -0.490 e. The van der Waals surface area contributed by atoms with Crippen molar-refractivity contribution in [3.05, 3.63) is 20.6 Å². The number of hydrogen-bond donors (Lipinski definition) is 2. The third-order valence-corrected chi connectivity index (χ3v) is 4.23. The second kappa shape index (κ2) is 6.96. The van der Waals surface area contributed by atoms with Gasteiger partial charge >= 0.3 is 0 Å². The van der Waals surface area contributed by atoms with Gasteiger partial charge in [0, 0.05) is 4.47 Å². The van der Waals surface area contributed by atoms with Gasteiger partial charge in [0.1, 0.15) is 0 Å². The summed E-state index contributed by atoms with van der Waals surface area (Å²) in [6, 6.07) is 1.65. The van der Waals surface area contributed by atoms with Crippen LogP contribution in [-0.2, 0) is 11.4 Å². The minimum absolute atomic E-state index is 0.143. The van der Waals surface area contributed by atoms with Crippen molar-refractivity contribution in [2.75, 3.05) is 13.2 Å². The van der Waals surface area contributed by atoms with E-state index in [0.29, 0.717) is 32.6 Å². The molecule has 0 aliphatic heterocycles. The molecule has 0 heterocycles. The van der Waals surface area contributed by atoms with Crippen molar-refractivity contribution < 1.29 is 19.4 Å². The zero-order valence-corrected chi connectivity index (χ0v) is 12.9. The molecule has 1 amide bonds. The van der Waals surface area contributed by atoms with Crippen LogP contribution >= 0.6 is 31.9 Å². The van der Waals surface area contributed by atoms with Gasteiger partial charge in [0.15, 0.2) is 18.1 Å². The van der Waals surface area contributed by atoms with Gasteiger partial charge < -0.3 is 20.3 Å². The molecule has 1 aromatic carbocycles. The first-order valence-electron chi connectivity index (χ1n) is 5.16. The summed E-state index contributed by atoms with van der Waals surface area (Å²) >= 11 is 6.65. The van der Waals surface area contributed by atoms with Gasteiger partial charge in [-0.3, -0.25) is 4.79 Å². The quantitative estimate of drug-likeness (QED) is 0.787. The standard InChI is InChI=1S/C11H13Br2NO4/c1-2-17-7-3-6(4-15)9(12)10(13)11(7)18-5-8(14)16/h3,15H,2,4-5H2,1H3,(H2,14,16). The first-order valence-corrected chi connectivity index (χ1v) is 6.75. The maximum Gasteiger partial charge on any atom is 0.255 e. The van der Waals surface area contributed by atoms with Crippen LogP contribution in [-0.4, -0.2) is 24.2 Å². The number of halogens is 2. The second-order valence-corrected chi connectivity index (χ2v) is 4.92. The highest BCUT2D eigenvalue weighted by atomic mass is 79.9. The summed E-state index contributed by atoms with van der Waals surface area (Å²) < 4.78 is 11.9. The topological polar surface area (TPSA) is 81.8 Å². The number of ether oxygens (including phenoxy) is 2. The predicted molar refractivity (Wildman–Crippen MR) is 73.6 cm³/mol. The highest BCUT2D eigenvalue weighted by molar-refractivity contribution is 9.13. The average molecular weight is 383 g/mol. The van der Waals surface area contributed by atoms with E-state index in [0.717, 1.165) is 0 Å². The summed E-state index contributed by atoms with van der Waals surface area (Å²) in [5, 5.41) is 9.22. The Bertz CT molecular complexity index is 451. The van der Waals surface area contributed by atoms with Gasteiger partial charge in [0.25, 0.3) is 5.91 Å². The molecule has 0 aromatic heterocycles. The number of carbonyl (C=O) groups excluding carboxylic acids is 1. The van der Waals surface area contributed by atoms with E-state index in [1.54, 1.807) is 6.07 Å². The Kier molecular flexibility index (Phi) is 5.90. The number of aliphatic hydroxyl groups is 1. The lowest BCUT2D eigenvalue weighted by molar-refractivity contribution is -0.119. The third-order valence-electron chi connectivity index (χ3n) is 2.03. The molecular formula is C11H13Br2NO4. The number of amides is 1. The first-order chi connectivity index (χ1) is 8.51. The van der Waals surface area contributed by atoms with E-state index >= 15 is 0 Å². The molecular weight excluding hydrogens is 370 g/mol. The summed E-state index contributed by atoms with van der Waals surface area (Å²) in [7, 11) is 0. The Hall–Kier alpha value is -0.790. The van der Waals surface area contributed by atoms with Crippen molar-refractivity contribution in [1.82, 2.24) is 0 Å². The molecule has 0 aliphatic carbocycles. The molecule has 0 saturated carbocycles. The SMILES string of the molecule is CCOc1cc(CO)c(Br)c(Br)c1OCC(N)=O. The van der Waals surface area contributed by atoms with Crippen molar-refractivity contribution in [1.29, 1.82) is 0 Å². The molecule has 3 N–H and O–H groups in total. The summed E-state index contributed by atoms with van der Waals surface area (Å²) in [6.45, 7) is 1.87. The predicted octanol–water partition coefficient (Wildman–Crippen LogP) is 1.97. The number of carbonyl (C=O) groups is 1. The summed E-state index contributed by atoms with van der Waals surface area (Å²) in [5.74, 6) is 0.240. The number of nitrogens with two attached hydrogens (primary N) is 1. The number of aliphatic hydroxyl groups excluding tert-OH is 1. The molecule has 7 heteroatoms. The van der Waals surface area contributed by atoms with Crippen LogP contribution < -0.4 is 15.2 Å². The van der Waals surface area contributed by atoms with Crippen molar-refractivity contribution in [3.63, 3.8) is 0 Å². The van der Waals surface area contributed by atoms with Gasteiger partial charge in [-0.25, -0.2) is 0 Å². The van der Waals surface area contributed by atoms with Gasteiger partial charge in [-0.05, 0) is 50.4 Å². The maximum atomic E-state index is 10.8. The Morgan fingerprint density at radius 1 is 1.39 bits per heavy atom. The molecule has 0 spiro atoms. The van der Waals surface area contributed by atoms with Crippen molar-refractivity contribution in [2.45, 2.75) is 13.5 Å². The molecule has 0 bridgehead atoms. The largest absolute Gasteiger partial charge is 0.490 e. The molecule has 100 valence electrons. The molecule has 5 nitrogen and oxygen atoms in total. The third kappa shape index (κ3) is 3.60. The van der Waals surface area contributed by atoms with Crippen LogP contribution in [0.15, 0.2) is 15.0 Å². The van der Waals surface area contributed by atoms with Gasteiger partial charge in [0.05, 0.1) is 17.7 Å². The van der Waals surface area contributed by atoms with E-state index in [9.17, 15) is 9.90 Å². The van der Waals surface area contributed by atoms with Gasteiger partial charge in [-0.2, -0.15) is 0 Å². The average Bonchev–Trinajstić information content (AvgIpc) is 2.33. The van der Waals surface area contributed by atoms with Gasteiger partial charge in [-0.1, -0.05) is 0 Å². The van der Waals surface area contributed by atoms with Crippen LogP contribution in [0.4, 0.5) is 0 Å². The van der Waals surface area contributed by atoms with Gasteiger partial charge in [-0.15, -0.1) is 0 Å². The fraction of sp³-hybridized carbons (Fsp3) is 0.364. The normalized spacial score (nSPS) is 10.2. The van der Waals surface area contributed by atoms with Crippen LogP contribution in [0.3, 0.4) is 0 Å². The maximum absolute atomic E-state index is 10.8. The lowest BCUT2D eigenvalue weighted by Crippen LogP contribution is -2.20. The highest BCUT2D eigenvalue weighted by Gasteiger charge is 2.17. The molecule has 0 atom stereocenters. The fourth-order valence-electron chi connectivity index (χ4n) is 1.29. The lowest BCUT2D eigenvalue weighted by atomic mass is 10.2. The van der Waals surface area contributed by atoms with E-state index in [1.165, 1.54) is 0 Å². The van der Waals surface area contributed by atoms with Crippen molar-refractivity contribution >= 4 is 37.8 Å². The first kappa shape index (κ1) is 15.3. The Balaban J connectivity index is 3.18. The van der Waals surface area contributed by atoms with E-state index in [-0.39, 0.29) is 13.2 Å². The number of benzene rings is 1. The summed E-state index contributed by atoms with van der Waals surface area (Å²) in [4.78, 5) is 10.8. The number of hydrogen-bond acceptors (Lipinski definition) is 4. The molecule has 0 unspecified atom stereocenters. The summed E-state index contributed by atoms with van der Waals surface area (Å²) in [6.07, 6.45) is 0. The molecule has 0 aliphatic rings. The number of primary amides is 1. The van der Waals surface area contributed by atoms with Crippen LogP contribution in [0.1, 0.15) is 12.5 Å². The van der Waals surface area contributed by atoms with Crippen molar-refractivity contribution in [3.8, 4) is 11.5 Å². The van der Waals surface area contributed by atoms with Crippen LogP contribution in [0.5, 0.6) is 11.5 Å². The zero-order valence-electron chi connectivity index (χ0n) is 9.70. The van der Waals surface area contributed by atoms with E-state index in [4.69, 9.17) is 15.2 Å². The van der Waals surface area contributed by atoms with E-state index in [1.807, 2.05) is 6.92 Å². The van der Waals surface area contributed by atoms with Gasteiger partial charge in [0.2, 0.25) is 0 Å². The van der Waals surface area contributed by atoms with Crippen molar-refractivity contribution in [2.24, 2.45) is 5.73 Å². The van der Waals surface area contributed by atoms with Crippen LogP contribution in [0.2, 0.25) is 0 Å². The van der Waals surface area contributed by atoms with Crippen LogP contribution in [0, 0.1) is 0 Å².